The Morgan fingerprint density at radius 3 is 2.74 bits per heavy atom. The van der Waals surface area contributed by atoms with E-state index in [1.54, 1.807) is 17.0 Å². The van der Waals surface area contributed by atoms with Crippen LogP contribution in [0.25, 0.3) is 10.9 Å². The molecule has 1 saturated carbocycles. The molecule has 0 aliphatic heterocycles. The van der Waals surface area contributed by atoms with Gasteiger partial charge >= 0.3 is 0 Å². The van der Waals surface area contributed by atoms with Gasteiger partial charge in [0.2, 0.25) is 0 Å². The minimum atomic E-state index is -0.396. The smallest absolute Gasteiger partial charge is 0.261 e. The molecule has 2 aromatic rings. The highest BCUT2D eigenvalue weighted by molar-refractivity contribution is 5.77. The number of rotatable bonds is 4. The monoisotopic (exact) mass is 317 g/mol. The first-order valence-electron chi connectivity index (χ1n) is 8.42. The topological polar surface area (TPSA) is 38.1 Å². The first kappa shape index (κ1) is 16.1. The van der Waals surface area contributed by atoms with Crippen molar-refractivity contribution >= 4 is 10.9 Å². The van der Waals surface area contributed by atoms with Gasteiger partial charge in [0.05, 0.1) is 17.2 Å². The lowest BCUT2D eigenvalue weighted by Gasteiger charge is -2.44. The van der Waals surface area contributed by atoms with Crippen LogP contribution in [-0.2, 0) is 6.54 Å². The second-order valence-electron chi connectivity index (χ2n) is 6.64. The third-order valence-electron chi connectivity index (χ3n) is 5.32. The second-order valence-corrected chi connectivity index (χ2v) is 6.64. The molecule has 4 nitrogen and oxygen atoms in total. The van der Waals surface area contributed by atoms with Crippen LogP contribution >= 0.6 is 0 Å². The maximum absolute atomic E-state index is 13.5. The van der Waals surface area contributed by atoms with Crippen molar-refractivity contribution in [2.75, 3.05) is 13.6 Å². The molecule has 0 bridgehead atoms. The Balaban J connectivity index is 2.02. The highest BCUT2D eigenvalue weighted by Crippen LogP contribution is 2.34. The van der Waals surface area contributed by atoms with Crippen molar-refractivity contribution < 1.29 is 4.39 Å². The highest BCUT2D eigenvalue weighted by Gasteiger charge is 2.36. The van der Waals surface area contributed by atoms with Gasteiger partial charge in [-0.2, -0.15) is 0 Å². The zero-order valence-electron chi connectivity index (χ0n) is 13.9. The van der Waals surface area contributed by atoms with E-state index in [-0.39, 0.29) is 11.1 Å². The van der Waals surface area contributed by atoms with Crippen molar-refractivity contribution in [2.45, 2.75) is 51.1 Å². The molecule has 0 spiro atoms. The van der Waals surface area contributed by atoms with Crippen LogP contribution in [0.4, 0.5) is 4.39 Å². The van der Waals surface area contributed by atoms with Gasteiger partial charge < -0.3 is 0 Å². The number of halogens is 1. The average Bonchev–Trinajstić information content (AvgIpc) is 2.58. The summed E-state index contributed by atoms with van der Waals surface area (Å²) in [5.74, 6) is -0.396. The summed E-state index contributed by atoms with van der Waals surface area (Å²) in [5, 5.41) is 0.359. The standard InChI is InChI=1S/C18H24FN3O/c1-3-21(2)18(9-5-4-6-10-18)12-22-13-20-16-8-7-14(19)11-15(16)17(22)23/h7-8,11,13H,3-6,9-10,12H2,1-2H3. The van der Waals surface area contributed by atoms with Crippen LogP contribution in [0.3, 0.4) is 0 Å². The first-order valence-corrected chi connectivity index (χ1v) is 8.42. The molecule has 1 aromatic heterocycles. The summed E-state index contributed by atoms with van der Waals surface area (Å²) in [5.41, 5.74) is 0.401. The summed E-state index contributed by atoms with van der Waals surface area (Å²) in [6.45, 7) is 3.72. The van der Waals surface area contributed by atoms with Gasteiger partial charge in [-0.3, -0.25) is 14.3 Å². The third-order valence-corrected chi connectivity index (χ3v) is 5.32. The summed E-state index contributed by atoms with van der Waals surface area (Å²) in [6, 6.07) is 4.19. The van der Waals surface area contributed by atoms with Crippen LogP contribution in [0, 0.1) is 5.82 Å². The van der Waals surface area contributed by atoms with Crippen molar-refractivity contribution in [1.82, 2.24) is 14.5 Å². The van der Waals surface area contributed by atoms with E-state index in [1.165, 1.54) is 31.4 Å². The van der Waals surface area contributed by atoms with Gasteiger partial charge in [0.25, 0.3) is 5.56 Å². The minimum Gasteiger partial charge on any atom is -0.299 e. The Kier molecular flexibility index (Phi) is 4.48. The number of hydrogen-bond donors (Lipinski definition) is 0. The number of hydrogen-bond acceptors (Lipinski definition) is 3. The van der Waals surface area contributed by atoms with Gasteiger partial charge in [-0.25, -0.2) is 9.37 Å². The molecule has 0 atom stereocenters. The molecule has 23 heavy (non-hydrogen) atoms. The Morgan fingerprint density at radius 2 is 2.04 bits per heavy atom. The zero-order valence-corrected chi connectivity index (χ0v) is 13.9. The van der Waals surface area contributed by atoms with Crippen LogP contribution in [-0.4, -0.2) is 33.6 Å². The van der Waals surface area contributed by atoms with Gasteiger partial charge in [-0.05, 0) is 44.6 Å². The lowest BCUT2D eigenvalue weighted by molar-refractivity contribution is 0.0611. The van der Waals surface area contributed by atoms with Crippen molar-refractivity contribution in [1.29, 1.82) is 0 Å². The minimum absolute atomic E-state index is 0.000488. The predicted molar refractivity (Wildman–Crippen MR) is 90.1 cm³/mol. The summed E-state index contributed by atoms with van der Waals surface area (Å²) >= 11 is 0. The summed E-state index contributed by atoms with van der Waals surface area (Å²) < 4.78 is 15.1. The Bertz CT molecular complexity index is 750. The molecule has 1 fully saturated rings. The number of likely N-dealkylation sites (N-methyl/N-ethyl adjacent to an activating group) is 1. The summed E-state index contributed by atoms with van der Waals surface area (Å²) in [6.07, 6.45) is 7.43. The molecule has 3 rings (SSSR count). The largest absolute Gasteiger partial charge is 0.299 e. The molecule has 1 aliphatic carbocycles. The van der Waals surface area contributed by atoms with E-state index in [2.05, 4.69) is 23.9 Å². The molecular formula is C18H24FN3O. The lowest BCUT2D eigenvalue weighted by atomic mass is 9.80. The van der Waals surface area contributed by atoms with Crippen molar-refractivity contribution in [3.8, 4) is 0 Å². The fraction of sp³-hybridized carbons (Fsp3) is 0.556. The second kappa shape index (κ2) is 6.40. The molecule has 0 N–H and O–H groups in total. The van der Waals surface area contributed by atoms with E-state index >= 15 is 0 Å². The number of aromatic nitrogens is 2. The molecule has 0 saturated heterocycles. The third kappa shape index (κ3) is 3.02. The quantitative estimate of drug-likeness (QED) is 0.869. The van der Waals surface area contributed by atoms with Gasteiger partial charge in [0.1, 0.15) is 5.82 Å². The van der Waals surface area contributed by atoms with E-state index in [0.29, 0.717) is 17.4 Å². The first-order chi connectivity index (χ1) is 11.1. The fourth-order valence-corrected chi connectivity index (χ4v) is 3.77. The van der Waals surface area contributed by atoms with Crippen LogP contribution in [0.15, 0.2) is 29.3 Å². The zero-order chi connectivity index (χ0) is 16.4. The predicted octanol–water partition coefficient (Wildman–Crippen LogP) is 3.19. The number of fused-ring (bicyclic) bond motifs is 1. The van der Waals surface area contributed by atoms with Gasteiger partial charge in [0, 0.05) is 12.1 Å². The molecule has 1 aliphatic rings. The number of nitrogens with zero attached hydrogens (tertiary/aromatic N) is 3. The van der Waals surface area contributed by atoms with Crippen LogP contribution < -0.4 is 5.56 Å². The fourth-order valence-electron chi connectivity index (χ4n) is 3.77. The van der Waals surface area contributed by atoms with E-state index < -0.39 is 5.82 Å². The lowest BCUT2D eigenvalue weighted by Crippen LogP contribution is -2.52. The molecule has 124 valence electrons. The maximum Gasteiger partial charge on any atom is 0.261 e. The SMILES string of the molecule is CCN(C)C1(Cn2cnc3ccc(F)cc3c2=O)CCCCC1. The molecule has 0 radical (unpaired) electrons. The average molecular weight is 317 g/mol. The van der Waals surface area contributed by atoms with Crippen molar-refractivity contribution in [3.05, 3.63) is 40.7 Å². The van der Waals surface area contributed by atoms with Gasteiger partial charge in [-0.15, -0.1) is 0 Å². The van der Waals surface area contributed by atoms with E-state index in [4.69, 9.17) is 0 Å². The molecule has 0 amide bonds. The van der Waals surface area contributed by atoms with Crippen molar-refractivity contribution in [3.63, 3.8) is 0 Å². The molecule has 1 heterocycles. The van der Waals surface area contributed by atoms with Crippen LogP contribution in [0.5, 0.6) is 0 Å². The normalized spacial score (nSPS) is 17.7. The summed E-state index contributed by atoms with van der Waals surface area (Å²) in [4.78, 5) is 19.4. The van der Waals surface area contributed by atoms with Gasteiger partial charge in [0.15, 0.2) is 0 Å². The summed E-state index contributed by atoms with van der Waals surface area (Å²) in [7, 11) is 2.13. The van der Waals surface area contributed by atoms with Gasteiger partial charge in [-0.1, -0.05) is 26.2 Å². The Morgan fingerprint density at radius 1 is 1.30 bits per heavy atom. The molecule has 1 aromatic carbocycles. The molecule has 0 unspecified atom stereocenters. The van der Waals surface area contributed by atoms with Crippen LogP contribution in [0.1, 0.15) is 39.0 Å². The van der Waals surface area contributed by atoms with Crippen LogP contribution in [0.2, 0.25) is 0 Å². The molecular weight excluding hydrogens is 293 g/mol. The maximum atomic E-state index is 13.5. The highest BCUT2D eigenvalue weighted by atomic mass is 19.1. The molecule has 5 heteroatoms. The van der Waals surface area contributed by atoms with Crippen molar-refractivity contribution in [2.24, 2.45) is 0 Å². The Labute approximate surface area is 135 Å². The van der Waals surface area contributed by atoms with E-state index in [0.717, 1.165) is 19.4 Å². The number of benzene rings is 1. The van der Waals surface area contributed by atoms with E-state index in [1.807, 2.05) is 0 Å². The van der Waals surface area contributed by atoms with E-state index in [9.17, 15) is 9.18 Å². The Hall–Kier alpha value is -1.75.